The van der Waals surface area contributed by atoms with Gasteiger partial charge in [0.15, 0.2) is 12.0 Å². The molecule has 7 nitrogen and oxygen atoms in total. The second kappa shape index (κ2) is 11.2. The summed E-state index contributed by atoms with van der Waals surface area (Å²) < 4.78 is 6.12. The number of hydrogen-bond donors (Lipinski definition) is 3. The highest BCUT2D eigenvalue weighted by molar-refractivity contribution is 9.10. The van der Waals surface area contributed by atoms with E-state index in [9.17, 15) is 14.4 Å². The van der Waals surface area contributed by atoms with Gasteiger partial charge in [-0.3, -0.25) is 14.4 Å². The van der Waals surface area contributed by atoms with Gasteiger partial charge in [0.25, 0.3) is 5.91 Å². The molecule has 1 heterocycles. The van der Waals surface area contributed by atoms with Crippen LogP contribution in [0.5, 0.6) is 5.75 Å². The Morgan fingerprint density at radius 2 is 2.07 bits per heavy atom. The molecule has 2 aromatic rings. The average Bonchev–Trinajstić information content (AvgIpc) is 2.70. The molecule has 1 amide bonds. The molecule has 0 bridgehead atoms. The third-order valence-electron chi connectivity index (χ3n) is 3.95. The zero-order valence-electron chi connectivity index (χ0n) is 16.4. The van der Waals surface area contributed by atoms with E-state index in [1.165, 1.54) is 12.3 Å². The lowest BCUT2D eigenvalue weighted by Crippen LogP contribution is -2.25. The molecule has 2 rings (SSSR count). The normalized spacial score (nSPS) is 11.1. The zero-order chi connectivity index (χ0) is 21.2. The number of benzene rings is 1. The SMILES string of the molecule is CCCOc1c[nH]c(CN/C=C(\C(=O)NCC)c2cc(Br)ccc2C=O)cc1=O. The standard InChI is InChI=1S/C21H24BrN3O4/c1-3-7-29-20-12-25-16(9-19(20)27)10-23-11-18(21(28)24-4-2)17-8-15(22)6-5-14(17)13-26/h5-6,8-9,11-13,23H,3-4,7,10H2,1-2H3,(H,24,28)(H,25,27)/b18-11-. The first-order valence-electron chi connectivity index (χ1n) is 9.31. The fraction of sp³-hybridized carbons (Fsp3) is 0.286. The Morgan fingerprint density at radius 3 is 2.72 bits per heavy atom. The van der Waals surface area contributed by atoms with Crippen molar-refractivity contribution in [1.82, 2.24) is 15.6 Å². The molecular formula is C21H24BrN3O4. The number of pyridine rings is 1. The summed E-state index contributed by atoms with van der Waals surface area (Å²) in [5.41, 5.74) is 1.65. The zero-order valence-corrected chi connectivity index (χ0v) is 18.0. The number of ether oxygens (including phenoxy) is 1. The maximum atomic E-state index is 12.5. The first-order chi connectivity index (χ1) is 14.0. The number of aromatic nitrogens is 1. The van der Waals surface area contributed by atoms with Crippen molar-refractivity contribution in [3.8, 4) is 5.75 Å². The molecule has 3 N–H and O–H groups in total. The van der Waals surface area contributed by atoms with Crippen LogP contribution in [0, 0.1) is 0 Å². The maximum absolute atomic E-state index is 12.5. The van der Waals surface area contributed by atoms with Crippen LogP contribution in [-0.4, -0.2) is 30.3 Å². The summed E-state index contributed by atoms with van der Waals surface area (Å²) in [6, 6.07) is 6.55. The number of hydrogen-bond acceptors (Lipinski definition) is 5. The number of halogens is 1. The van der Waals surface area contributed by atoms with Crippen molar-refractivity contribution in [1.29, 1.82) is 0 Å². The fourth-order valence-corrected chi connectivity index (χ4v) is 2.94. The fourth-order valence-electron chi connectivity index (χ4n) is 2.58. The highest BCUT2D eigenvalue weighted by Gasteiger charge is 2.15. The van der Waals surface area contributed by atoms with Crippen LogP contribution in [0.25, 0.3) is 5.57 Å². The van der Waals surface area contributed by atoms with Gasteiger partial charge in [0.2, 0.25) is 5.43 Å². The lowest BCUT2D eigenvalue weighted by atomic mass is 10.0. The van der Waals surface area contributed by atoms with Gasteiger partial charge < -0.3 is 20.4 Å². The number of nitrogens with one attached hydrogen (secondary N) is 3. The van der Waals surface area contributed by atoms with Crippen molar-refractivity contribution in [2.24, 2.45) is 0 Å². The van der Waals surface area contributed by atoms with Crippen LogP contribution in [0.15, 0.2) is 45.9 Å². The van der Waals surface area contributed by atoms with E-state index >= 15 is 0 Å². The van der Waals surface area contributed by atoms with Gasteiger partial charge in [0.05, 0.1) is 18.7 Å². The first kappa shape index (κ1) is 22.4. The average molecular weight is 462 g/mol. The summed E-state index contributed by atoms with van der Waals surface area (Å²) in [7, 11) is 0. The Hall–Kier alpha value is -2.87. The van der Waals surface area contributed by atoms with Crippen LogP contribution < -0.4 is 20.8 Å². The van der Waals surface area contributed by atoms with Gasteiger partial charge >= 0.3 is 0 Å². The highest BCUT2D eigenvalue weighted by atomic mass is 79.9. The molecule has 0 saturated carbocycles. The Kier molecular flexibility index (Phi) is 8.67. The van der Waals surface area contributed by atoms with Crippen LogP contribution in [0.3, 0.4) is 0 Å². The molecule has 1 aromatic heterocycles. The van der Waals surface area contributed by atoms with Gasteiger partial charge in [0, 0.05) is 46.3 Å². The second-order valence-corrected chi connectivity index (χ2v) is 7.10. The molecule has 8 heteroatoms. The Balaban J connectivity index is 2.24. The van der Waals surface area contributed by atoms with Crippen LogP contribution in [0.4, 0.5) is 0 Å². The molecular weight excluding hydrogens is 438 g/mol. The Bertz CT molecular complexity index is 953. The molecule has 0 fully saturated rings. The summed E-state index contributed by atoms with van der Waals surface area (Å²) in [4.78, 5) is 39.0. The number of rotatable bonds is 10. The minimum atomic E-state index is -0.307. The quantitative estimate of drug-likeness (QED) is 0.373. The highest BCUT2D eigenvalue weighted by Crippen LogP contribution is 2.23. The molecule has 0 aliphatic heterocycles. The maximum Gasteiger partial charge on any atom is 0.253 e. The Morgan fingerprint density at radius 1 is 1.28 bits per heavy atom. The first-order valence-corrected chi connectivity index (χ1v) is 10.1. The van der Waals surface area contributed by atoms with Crippen LogP contribution in [0.1, 0.15) is 41.9 Å². The number of H-pyrrole nitrogens is 1. The smallest absolute Gasteiger partial charge is 0.253 e. The molecule has 0 saturated heterocycles. The van der Waals surface area contributed by atoms with E-state index in [1.807, 2.05) is 13.8 Å². The third-order valence-corrected chi connectivity index (χ3v) is 4.45. The summed E-state index contributed by atoms with van der Waals surface area (Å²) in [5.74, 6) is -0.0306. The van der Waals surface area contributed by atoms with E-state index < -0.39 is 0 Å². The van der Waals surface area contributed by atoms with E-state index in [2.05, 4.69) is 31.5 Å². The number of amides is 1. The minimum absolute atomic E-state index is 0.211. The summed E-state index contributed by atoms with van der Waals surface area (Å²) in [5, 5.41) is 5.78. The predicted octanol–water partition coefficient (Wildman–Crippen LogP) is 3.01. The van der Waals surface area contributed by atoms with Crippen LogP contribution in [0.2, 0.25) is 0 Å². The molecule has 0 spiro atoms. The van der Waals surface area contributed by atoms with Gasteiger partial charge in [-0.25, -0.2) is 0 Å². The summed E-state index contributed by atoms with van der Waals surface area (Å²) >= 11 is 3.37. The van der Waals surface area contributed by atoms with Crippen molar-refractivity contribution in [3.63, 3.8) is 0 Å². The lowest BCUT2D eigenvalue weighted by molar-refractivity contribution is -0.115. The van der Waals surface area contributed by atoms with E-state index in [1.54, 1.807) is 24.4 Å². The third kappa shape index (κ3) is 6.32. The summed E-state index contributed by atoms with van der Waals surface area (Å²) in [6.45, 7) is 5.00. The molecule has 0 radical (unpaired) electrons. The van der Waals surface area contributed by atoms with Gasteiger partial charge in [-0.15, -0.1) is 0 Å². The Labute approximate surface area is 177 Å². The van der Waals surface area contributed by atoms with Gasteiger partial charge in [-0.05, 0) is 31.5 Å². The van der Waals surface area contributed by atoms with Gasteiger partial charge in [-0.2, -0.15) is 0 Å². The van der Waals surface area contributed by atoms with Crippen LogP contribution in [-0.2, 0) is 11.3 Å². The number of aldehydes is 1. The number of carbonyl (C=O) groups excluding carboxylic acids is 2. The molecule has 29 heavy (non-hydrogen) atoms. The largest absolute Gasteiger partial charge is 0.488 e. The van der Waals surface area contributed by atoms with Gasteiger partial charge in [0.1, 0.15) is 0 Å². The molecule has 0 aliphatic carbocycles. The van der Waals surface area contributed by atoms with E-state index in [0.29, 0.717) is 41.8 Å². The minimum Gasteiger partial charge on any atom is -0.488 e. The molecule has 0 unspecified atom stereocenters. The topological polar surface area (TPSA) is 100 Å². The van der Waals surface area contributed by atoms with Crippen molar-refractivity contribution in [2.45, 2.75) is 26.8 Å². The monoisotopic (exact) mass is 461 g/mol. The van der Waals surface area contributed by atoms with Crippen molar-refractivity contribution in [3.05, 3.63) is 68.2 Å². The van der Waals surface area contributed by atoms with E-state index in [-0.39, 0.29) is 23.6 Å². The van der Waals surface area contributed by atoms with Crippen molar-refractivity contribution >= 4 is 33.7 Å². The predicted molar refractivity (Wildman–Crippen MR) is 116 cm³/mol. The summed E-state index contributed by atoms with van der Waals surface area (Å²) in [6.07, 6.45) is 4.59. The van der Waals surface area contributed by atoms with Crippen molar-refractivity contribution in [2.75, 3.05) is 13.2 Å². The molecule has 0 aliphatic rings. The number of likely N-dealkylation sites (N-methyl/N-ethyl adjacent to an activating group) is 1. The van der Waals surface area contributed by atoms with Gasteiger partial charge in [-0.1, -0.05) is 22.9 Å². The number of aromatic amines is 1. The van der Waals surface area contributed by atoms with Crippen LogP contribution >= 0.6 is 15.9 Å². The lowest BCUT2D eigenvalue weighted by Gasteiger charge is -2.12. The van der Waals surface area contributed by atoms with Crippen molar-refractivity contribution < 1.29 is 14.3 Å². The van der Waals surface area contributed by atoms with E-state index in [4.69, 9.17) is 4.74 Å². The molecule has 0 atom stereocenters. The second-order valence-electron chi connectivity index (χ2n) is 6.18. The molecule has 1 aromatic carbocycles. The number of carbonyl (C=O) groups is 2. The molecule has 154 valence electrons. The van der Waals surface area contributed by atoms with E-state index in [0.717, 1.165) is 10.9 Å².